The molecule has 2 N–H and O–H groups in total. The van der Waals surface area contributed by atoms with Gasteiger partial charge in [0, 0.05) is 26.2 Å². The van der Waals surface area contributed by atoms with E-state index in [0.717, 1.165) is 19.5 Å². The van der Waals surface area contributed by atoms with Crippen molar-refractivity contribution in [3.8, 4) is 0 Å². The molecule has 0 aliphatic carbocycles. The summed E-state index contributed by atoms with van der Waals surface area (Å²) in [5, 5.41) is 0. The summed E-state index contributed by atoms with van der Waals surface area (Å²) in [6.45, 7) is 5.13. The van der Waals surface area contributed by atoms with Gasteiger partial charge in [-0.2, -0.15) is 0 Å². The van der Waals surface area contributed by atoms with Crippen LogP contribution in [0.3, 0.4) is 0 Å². The van der Waals surface area contributed by atoms with E-state index in [4.69, 9.17) is 10.5 Å². The number of hydrogen-bond acceptors (Lipinski definition) is 3. The maximum Gasteiger partial charge on any atom is 0.0724 e. The van der Waals surface area contributed by atoms with Crippen molar-refractivity contribution in [3.05, 3.63) is 35.9 Å². The van der Waals surface area contributed by atoms with Gasteiger partial charge < -0.3 is 10.5 Å². The van der Waals surface area contributed by atoms with E-state index in [9.17, 15) is 0 Å². The first-order valence-corrected chi connectivity index (χ1v) is 7.25. The van der Waals surface area contributed by atoms with Crippen LogP contribution in [0.1, 0.15) is 18.9 Å². The summed E-state index contributed by atoms with van der Waals surface area (Å²) in [5.74, 6) is 0.649. The van der Waals surface area contributed by atoms with Gasteiger partial charge in [0.05, 0.1) is 6.10 Å². The average Bonchev–Trinajstić information content (AvgIpc) is 2.46. The van der Waals surface area contributed by atoms with E-state index < -0.39 is 0 Å². The predicted octanol–water partition coefficient (Wildman–Crippen LogP) is 1.91. The molecule has 3 atom stereocenters. The van der Waals surface area contributed by atoms with Gasteiger partial charge in [-0.1, -0.05) is 37.3 Å². The SMILES string of the molecule is COC1CN(C(CN)Cc2ccccc2)CCC1C. The molecule has 3 nitrogen and oxygen atoms in total. The molecule has 1 aromatic rings. The quantitative estimate of drug-likeness (QED) is 0.881. The number of nitrogens with two attached hydrogens (primary N) is 1. The van der Waals surface area contributed by atoms with Crippen molar-refractivity contribution in [2.45, 2.75) is 31.9 Å². The largest absolute Gasteiger partial charge is 0.380 e. The van der Waals surface area contributed by atoms with Crippen molar-refractivity contribution in [2.75, 3.05) is 26.7 Å². The number of ether oxygens (including phenoxy) is 1. The molecule has 0 amide bonds. The molecule has 1 aromatic carbocycles. The molecule has 0 bridgehead atoms. The zero-order valence-corrected chi connectivity index (χ0v) is 12.1. The average molecular weight is 262 g/mol. The molecule has 3 unspecified atom stereocenters. The van der Waals surface area contributed by atoms with Gasteiger partial charge >= 0.3 is 0 Å². The Bertz CT molecular complexity index is 368. The summed E-state index contributed by atoms with van der Waals surface area (Å²) < 4.78 is 5.60. The molecule has 0 radical (unpaired) electrons. The Morgan fingerprint density at radius 3 is 2.74 bits per heavy atom. The maximum atomic E-state index is 5.99. The van der Waals surface area contributed by atoms with Gasteiger partial charge in [0.15, 0.2) is 0 Å². The van der Waals surface area contributed by atoms with Crippen LogP contribution < -0.4 is 5.73 Å². The van der Waals surface area contributed by atoms with Crippen LogP contribution in [0, 0.1) is 5.92 Å². The third-order valence-corrected chi connectivity index (χ3v) is 4.33. The van der Waals surface area contributed by atoms with Gasteiger partial charge in [-0.25, -0.2) is 0 Å². The number of hydrogen-bond donors (Lipinski definition) is 1. The molecule has 1 aliphatic heterocycles. The van der Waals surface area contributed by atoms with E-state index in [2.05, 4.69) is 42.2 Å². The van der Waals surface area contributed by atoms with Gasteiger partial charge in [0.25, 0.3) is 0 Å². The van der Waals surface area contributed by atoms with E-state index in [1.807, 2.05) is 7.11 Å². The predicted molar refractivity (Wildman–Crippen MR) is 79.1 cm³/mol. The van der Waals surface area contributed by atoms with Crippen LogP contribution in [0.4, 0.5) is 0 Å². The molecule has 1 heterocycles. The van der Waals surface area contributed by atoms with Crippen LogP contribution in [0.15, 0.2) is 30.3 Å². The van der Waals surface area contributed by atoms with Crippen molar-refractivity contribution in [1.29, 1.82) is 0 Å². The lowest BCUT2D eigenvalue weighted by Crippen LogP contribution is -2.51. The van der Waals surface area contributed by atoms with Crippen molar-refractivity contribution >= 4 is 0 Å². The molecule has 19 heavy (non-hydrogen) atoms. The Morgan fingerprint density at radius 2 is 2.11 bits per heavy atom. The molecule has 106 valence electrons. The lowest BCUT2D eigenvalue weighted by Gasteiger charge is -2.40. The van der Waals surface area contributed by atoms with Crippen LogP contribution in [0.5, 0.6) is 0 Å². The molecule has 0 saturated carbocycles. The summed E-state index contributed by atoms with van der Waals surface area (Å²) in [6, 6.07) is 11.0. The van der Waals surface area contributed by atoms with E-state index >= 15 is 0 Å². The molecular formula is C16H26N2O. The molecule has 2 rings (SSSR count). The zero-order valence-electron chi connectivity index (χ0n) is 12.1. The third-order valence-electron chi connectivity index (χ3n) is 4.33. The number of rotatable bonds is 5. The van der Waals surface area contributed by atoms with Crippen LogP contribution >= 0.6 is 0 Å². The van der Waals surface area contributed by atoms with Crippen LogP contribution in [-0.4, -0.2) is 43.8 Å². The molecule has 1 saturated heterocycles. The lowest BCUT2D eigenvalue weighted by atomic mass is 9.93. The first kappa shape index (κ1) is 14.5. The minimum absolute atomic E-state index is 0.346. The zero-order chi connectivity index (χ0) is 13.7. The maximum absolute atomic E-state index is 5.99. The van der Waals surface area contributed by atoms with Crippen molar-refractivity contribution in [1.82, 2.24) is 4.90 Å². The van der Waals surface area contributed by atoms with Crippen molar-refractivity contribution < 1.29 is 4.74 Å². The fraction of sp³-hybridized carbons (Fsp3) is 0.625. The second-order valence-electron chi connectivity index (χ2n) is 5.61. The summed E-state index contributed by atoms with van der Waals surface area (Å²) in [7, 11) is 1.82. The van der Waals surface area contributed by atoms with Gasteiger partial charge in [-0.15, -0.1) is 0 Å². The van der Waals surface area contributed by atoms with Crippen LogP contribution in [0.2, 0.25) is 0 Å². The minimum Gasteiger partial charge on any atom is -0.380 e. The Hall–Kier alpha value is -0.900. The van der Waals surface area contributed by atoms with Crippen LogP contribution in [-0.2, 0) is 11.2 Å². The van der Waals surface area contributed by atoms with E-state index in [0.29, 0.717) is 24.6 Å². The van der Waals surface area contributed by atoms with Gasteiger partial charge in [-0.05, 0) is 30.9 Å². The fourth-order valence-corrected chi connectivity index (χ4v) is 2.94. The first-order valence-electron chi connectivity index (χ1n) is 7.25. The highest BCUT2D eigenvalue weighted by atomic mass is 16.5. The molecule has 3 heteroatoms. The number of nitrogens with zero attached hydrogens (tertiary/aromatic N) is 1. The molecule has 0 spiro atoms. The highest BCUT2D eigenvalue weighted by Gasteiger charge is 2.29. The Morgan fingerprint density at radius 1 is 1.37 bits per heavy atom. The molecule has 1 fully saturated rings. The van der Waals surface area contributed by atoms with E-state index in [1.165, 1.54) is 12.0 Å². The fourth-order valence-electron chi connectivity index (χ4n) is 2.94. The molecule has 0 aromatic heterocycles. The number of piperidine rings is 1. The number of likely N-dealkylation sites (tertiary alicyclic amines) is 1. The van der Waals surface area contributed by atoms with E-state index in [1.54, 1.807) is 0 Å². The van der Waals surface area contributed by atoms with E-state index in [-0.39, 0.29) is 0 Å². The van der Waals surface area contributed by atoms with Gasteiger partial charge in [-0.3, -0.25) is 4.90 Å². The Balaban J connectivity index is 1.98. The highest BCUT2D eigenvalue weighted by Crippen LogP contribution is 2.22. The monoisotopic (exact) mass is 262 g/mol. The Kier molecular flexibility index (Phi) is 5.37. The van der Waals surface area contributed by atoms with Crippen LogP contribution in [0.25, 0.3) is 0 Å². The molecular weight excluding hydrogens is 236 g/mol. The Labute approximate surface area is 116 Å². The summed E-state index contributed by atoms with van der Waals surface area (Å²) in [4.78, 5) is 2.50. The summed E-state index contributed by atoms with van der Waals surface area (Å²) >= 11 is 0. The second-order valence-corrected chi connectivity index (χ2v) is 5.61. The minimum atomic E-state index is 0.346. The highest BCUT2D eigenvalue weighted by molar-refractivity contribution is 5.16. The normalized spacial score (nSPS) is 26.3. The number of methoxy groups -OCH3 is 1. The number of benzene rings is 1. The van der Waals surface area contributed by atoms with Gasteiger partial charge in [0.2, 0.25) is 0 Å². The third kappa shape index (κ3) is 3.78. The molecule has 1 aliphatic rings. The summed E-state index contributed by atoms with van der Waals surface area (Å²) in [6.07, 6.45) is 2.57. The second kappa shape index (κ2) is 7.04. The topological polar surface area (TPSA) is 38.5 Å². The lowest BCUT2D eigenvalue weighted by molar-refractivity contribution is -0.0177. The van der Waals surface area contributed by atoms with Gasteiger partial charge in [0.1, 0.15) is 0 Å². The first-order chi connectivity index (χ1) is 9.24. The van der Waals surface area contributed by atoms with Crippen molar-refractivity contribution in [3.63, 3.8) is 0 Å². The van der Waals surface area contributed by atoms with Crippen molar-refractivity contribution in [2.24, 2.45) is 11.7 Å². The summed E-state index contributed by atoms with van der Waals surface area (Å²) in [5.41, 5.74) is 7.36. The smallest absolute Gasteiger partial charge is 0.0724 e. The standard InChI is InChI=1S/C16H26N2O/c1-13-8-9-18(12-16(13)19-2)15(11-17)10-14-6-4-3-5-7-14/h3-7,13,15-16H,8-12,17H2,1-2H3.